The van der Waals surface area contributed by atoms with Crippen LogP contribution in [-0.2, 0) is 9.47 Å². The minimum Gasteiger partial charge on any atom is -0.374 e. The van der Waals surface area contributed by atoms with Gasteiger partial charge in [0, 0.05) is 39.3 Å². The summed E-state index contributed by atoms with van der Waals surface area (Å²) in [5.41, 5.74) is 5.69. The highest BCUT2D eigenvalue weighted by molar-refractivity contribution is 4.80. The first-order valence-electron chi connectivity index (χ1n) is 6.55. The van der Waals surface area contributed by atoms with Crippen molar-refractivity contribution in [3.63, 3.8) is 0 Å². The van der Waals surface area contributed by atoms with Crippen LogP contribution in [0.2, 0.25) is 0 Å². The van der Waals surface area contributed by atoms with Crippen molar-refractivity contribution >= 4 is 0 Å². The third kappa shape index (κ3) is 3.89. The molecule has 2 aliphatic heterocycles. The van der Waals surface area contributed by atoms with Crippen molar-refractivity contribution < 1.29 is 9.47 Å². The van der Waals surface area contributed by atoms with Crippen LogP contribution < -0.4 is 5.73 Å². The molecule has 0 aromatic carbocycles. The maximum atomic E-state index is 5.80. The van der Waals surface area contributed by atoms with Crippen molar-refractivity contribution in [2.75, 3.05) is 52.9 Å². The van der Waals surface area contributed by atoms with Gasteiger partial charge in [-0.05, 0) is 14.0 Å². The van der Waals surface area contributed by atoms with Gasteiger partial charge in [0.2, 0.25) is 0 Å². The normalized spacial score (nSPS) is 37.2. The molecule has 2 aliphatic rings. The average Bonchev–Trinajstić information content (AvgIpc) is 2.28. The van der Waals surface area contributed by atoms with E-state index in [0.29, 0.717) is 12.6 Å². The molecule has 3 unspecified atom stereocenters. The molecule has 2 N–H and O–H groups in total. The molecule has 2 rings (SSSR count). The van der Waals surface area contributed by atoms with Crippen LogP contribution in [0.1, 0.15) is 6.92 Å². The lowest BCUT2D eigenvalue weighted by Gasteiger charge is -2.39. The minimum absolute atomic E-state index is 0.181. The Morgan fingerprint density at radius 2 is 2.06 bits per heavy atom. The fraction of sp³-hybridized carbons (Fsp3) is 1.00. The third-order valence-corrected chi connectivity index (χ3v) is 3.47. The van der Waals surface area contributed by atoms with E-state index in [4.69, 9.17) is 15.2 Å². The van der Waals surface area contributed by atoms with Gasteiger partial charge in [-0.25, -0.2) is 0 Å². The first-order valence-corrected chi connectivity index (χ1v) is 6.55. The molecule has 3 atom stereocenters. The zero-order chi connectivity index (χ0) is 12.3. The standard InChI is InChI=1S/C12H25N3O2/c1-10-6-15(8-11(5-13)17-10)9-12-7-14(2)3-4-16-12/h10-12H,3-9,13H2,1-2H3. The first-order chi connectivity index (χ1) is 8.17. The molecule has 0 saturated carbocycles. The first kappa shape index (κ1) is 13.2. The molecule has 0 aromatic heterocycles. The number of nitrogens with zero attached hydrogens (tertiary/aromatic N) is 2. The molecular formula is C12H25N3O2. The Morgan fingerprint density at radius 1 is 1.24 bits per heavy atom. The van der Waals surface area contributed by atoms with Crippen molar-refractivity contribution in [3.05, 3.63) is 0 Å². The molecule has 17 heavy (non-hydrogen) atoms. The molecule has 5 heteroatoms. The van der Waals surface area contributed by atoms with Crippen molar-refractivity contribution in [2.45, 2.75) is 25.2 Å². The van der Waals surface area contributed by atoms with Gasteiger partial charge in [-0.2, -0.15) is 0 Å². The summed E-state index contributed by atoms with van der Waals surface area (Å²) in [6.07, 6.45) is 0.788. The Hall–Kier alpha value is -0.200. The van der Waals surface area contributed by atoms with Gasteiger partial charge in [0.15, 0.2) is 0 Å². The number of likely N-dealkylation sites (N-methyl/N-ethyl adjacent to an activating group) is 1. The number of ether oxygens (including phenoxy) is 2. The summed E-state index contributed by atoms with van der Waals surface area (Å²) < 4.78 is 11.6. The third-order valence-electron chi connectivity index (χ3n) is 3.47. The molecule has 0 radical (unpaired) electrons. The van der Waals surface area contributed by atoms with Gasteiger partial charge in [-0.3, -0.25) is 4.90 Å². The molecule has 2 saturated heterocycles. The minimum atomic E-state index is 0.181. The predicted octanol–water partition coefficient (Wildman–Crippen LogP) is -0.635. The summed E-state index contributed by atoms with van der Waals surface area (Å²) in [5.74, 6) is 0. The van der Waals surface area contributed by atoms with Crippen molar-refractivity contribution in [3.8, 4) is 0 Å². The maximum Gasteiger partial charge on any atom is 0.0829 e. The summed E-state index contributed by atoms with van der Waals surface area (Å²) >= 11 is 0. The van der Waals surface area contributed by atoms with Crippen LogP contribution in [-0.4, -0.2) is 81.0 Å². The van der Waals surface area contributed by atoms with E-state index in [1.165, 1.54) is 0 Å². The Morgan fingerprint density at radius 3 is 2.76 bits per heavy atom. The van der Waals surface area contributed by atoms with Crippen LogP contribution in [0.25, 0.3) is 0 Å². The van der Waals surface area contributed by atoms with Crippen LogP contribution in [0.15, 0.2) is 0 Å². The smallest absolute Gasteiger partial charge is 0.0829 e. The highest BCUT2D eigenvalue weighted by Crippen LogP contribution is 2.13. The van der Waals surface area contributed by atoms with Gasteiger partial charge in [-0.15, -0.1) is 0 Å². The SMILES string of the molecule is CC1CN(CC2CN(C)CCO2)CC(CN)O1. The summed E-state index contributed by atoms with van der Waals surface area (Å²) in [6, 6.07) is 0. The second-order valence-electron chi connectivity index (χ2n) is 5.28. The van der Waals surface area contributed by atoms with E-state index in [1.807, 2.05) is 0 Å². The molecule has 0 aliphatic carbocycles. The van der Waals surface area contributed by atoms with Gasteiger partial charge in [-0.1, -0.05) is 0 Å². The Balaban J connectivity index is 1.80. The number of hydrogen-bond donors (Lipinski definition) is 1. The van der Waals surface area contributed by atoms with Gasteiger partial charge >= 0.3 is 0 Å². The zero-order valence-electron chi connectivity index (χ0n) is 11.0. The molecule has 0 amide bonds. The second kappa shape index (κ2) is 6.11. The average molecular weight is 243 g/mol. The molecule has 5 nitrogen and oxygen atoms in total. The van der Waals surface area contributed by atoms with Crippen LogP contribution in [0, 0.1) is 0 Å². The molecule has 0 aromatic rings. The molecule has 0 spiro atoms. The fourth-order valence-corrected chi connectivity index (χ4v) is 2.69. The summed E-state index contributed by atoms with van der Waals surface area (Å²) in [7, 11) is 2.15. The van der Waals surface area contributed by atoms with E-state index in [-0.39, 0.29) is 12.2 Å². The summed E-state index contributed by atoms with van der Waals surface area (Å²) in [5, 5.41) is 0. The highest BCUT2D eigenvalue weighted by atomic mass is 16.5. The largest absolute Gasteiger partial charge is 0.374 e. The van der Waals surface area contributed by atoms with E-state index in [2.05, 4.69) is 23.8 Å². The van der Waals surface area contributed by atoms with E-state index < -0.39 is 0 Å². The molecule has 100 valence electrons. The lowest BCUT2D eigenvalue weighted by molar-refractivity contribution is -0.0957. The lowest BCUT2D eigenvalue weighted by Crippen LogP contribution is -2.53. The number of rotatable bonds is 3. The zero-order valence-corrected chi connectivity index (χ0v) is 11.0. The topological polar surface area (TPSA) is 51.0 Å². The predicted molar refractivity (Wildman–Crippen MR) is 67.1 cm³/mol. The highest BCUT2D eigenvalue weighted by Gasteiger charge is 2.27. The van der Waals surface area contributed by atoms with E-state index in [1.54, 1.807) is 0 Å². The van der Waals surface area contributed by atoms with Crippen LogP contribution in [0.3, 0.4) is 0 Å². The Labute approximate surface area is 104 Å². The molecular weight excluding hydrogens is 218 g/mol. The van der Waals surface area contributed by atoms with E-state index in [9.17, 15) is 0 Å². The van der Waals surface area contributed by atoms with Gasteiger partial charge < -0.3 is 20.1 Å². The Kier molecular flexibility index (Phi) is 4.76. The molecule has 2 heterocycles. The number of nitrogens with two attached hydrogens (primary N) is 1. The quantitative estimate of drug-likeness (QED) is 0.715. The van der Waals surface area contributed by atoms with Crippen LogP contribution >= 0.6 is 0 Å². The monoisotopic (exact) mass is 243 g/mol. The van der Waals surface area contributed by atoms with Gasteiger partial charge in [0.25, 0.3) is 0 Å². The summed E-state index contributed by atoms with van der Waals surface area (Å²) in [4.78, 5) is 4.76. The Bertz CT molecular complexity index is 240. The van der Waals surface area contributed by atoms with Crippen molar-refractivity contribution in [1.82, 2.24) is 9.80 Å². The van der Waals surface area contributed by atoms with Gasteiger partial charge in [0.05, 0.1) is 24.9 Å². The fourth-order valence-electron chi connectivity index (χ4n) is 2.69. The lowest BCUT2D eigenvalue weighted by atomic mass is 10.2. The summed E-state index contributed by atoms with van der Waals surface area (Å²) in [6.45, 7) is 8.55. The second-order valence-corrected chi connectivity index (χ2v) is 5.28. The number of morpholine rings is 2. The molecule has 2 fully saturated rings. The van der Waals surface area contributed by atoms with Crippen molar-refractivity contribution in [1.29, 1.82) is 0 Å². The molecule has 0 bridgehead atoms. The van der Waals surface area contributed by atoms with E-state index in [0.717, 1.165) is 39.3 Å². The van der Waals surface area contributed by atoms with Gasteiger partial charge in [0.1, 0.15) is 0 Å². The van der Waals surface area contributed by atoms with Crippen LogP contribution in [0.5, 0.6) is 0 Å². The van der Waals surface area contributed by atoms with E-state index >= 15 is 0 Å². The van der Waals surface area contributed by atoms with Crippen LogP contribution in [0.4, 0.5) is 0 Å². The van der Waals surface area contributed by atoms with Crippen molar-refractivity contribution in [2.24, 2.45) is 5.73 Å². The number of hydrogen-bond acceptors (Lipinski definition) is 5. The maximum absolute atomic E-state index is 5.80.